The zero-order valence-corrected chi connectivity index (χ0v) is 18.3. The van der Waals surface area contributed by atoms with Crippen LogP contribution in [0.1, 0.15) is 22.6 Å². The molecule has 0 aliphatic heterocycles. The average Bonchev–Trinajstić information content (AvgIpc) is 2.85. The van der Waals surface area contributed by atoms with E-state index in [1.165, 1.54) is 6.33 Å². The van der Waals surface area contributed by atoms with Crippen molar-refractivity contribution in [3.8, 4) is 0 Å². The van der Waals surface area contributed by atoms with Crippen LogP contribution in [0.3, 0.4) is 0 Å². The highest BCUT2D eigenvalue weighted by Crippen LogP contribution is 2.27. The lowest BCUT2D eigenvalue weighted by Crippen LogP contribution is -2.35. The van der Waals surface area contributed by atoms with E-state index in [1.54, 1.807) is 0 Å². The molecule has 0 aliphatic carbocycles. The van der Waals surface area contributed by atoms with Crippen molar-refractivity contribution in [2.45, 2.75) is 12.5 Å². The topological polar surface area (TPSA) is 96.2 Å². The minimum absolute atomic E-state index is 0.218. The minimum atomic E-state index is -0.483. The van der Waals surface area contributed by atoms with Gasteiger partial charge in [-0.2, -0.15) is 0 Å². The van der Waals surface area contributed by atoms with Gasteiger partial charge in [0.1, 0.15) is 12.0 Å². The molecule has 0 radical (unpaired) electrons. The number of carbonyl (C=O) groups is 1. The lowest BCUT2D eigenvalue weighted by atomic mass is 9.91. The van der Waals surface area contributed by atoms with Crippen LogP contribution in [0.25, 0.3) is 0 Å². The van der Waals surface area contributed by atoms with Gasteiger partial charge in [0.2, 0.25) is 5.91 Å². The Morgan fingerprint density at radius 3 is 2.00 bits per heavy atom. The summed E-state index contributed by atoms with van der Waals surface area (Å²) in [5, 5.41) is 0. The lowest BCUT2D eigenvalue weighted by molar-refractivity contribution is -0.121. The Morgan fingerprint density at radius 1 is 0.879 bits per heavy atom. The summed E-state index contributed by atoms with van der Waals surface area (Å²) >= 11 is 0. The molecule has 166 valence electrons. The third-order valence-corrected chi connectivity index (χ3v) is 5.32. The molecule has 0 unspecified atom stereocenters. The summed E-state index contributed by atoms with van der Waals surface area (Å²) in [6.07, 6.45) is 1.42. The molecule has 4 N–H and O–H groups in total. The number of benzene rings is 3. The van der Waals surface area contributed by atoms with Crippen LogP contribution in [0, 0.1) is 0 Å². The van der Waals surface area contributed by atoms with Crippen LogP contribution in [0.2, 0.25) is 0 Å². The maximum Gasteiger partial charge on any atom is 0.250 e. The summed E-state index contributed by atoms with van der Waals surface area (Å²) in [6.45, 7) is 0.637. The van der Waals surface area contributed by atoms with Gasteiger partial charge in [-0.05, 0) is 16.7 Å². The van der Waals surface area contributed by atoms with Crippen molar-refractivity contribution in [1.82, 2.24) is 15.4 Å². The Labute approximate surface area is 193 Å². The Morgan fingerprint density at radius 2 is 1.42 bits per heavy atom. The normalized spacial score (nSPS) is 10.6. The smallest absolute Gasteiger partial charge is 0.250 e. The van der Waals surface area contributed by atoms with Gasteiger partial charge in [-0.15, -0.1) is 0 Å². The molecule has 4 aromatic rings. The molecule has 0 spiro atoms. The molecular weight excluding hydrogens is 412 g/mol. The van der Waals surface area contributed by atoms with Gasteiger partial charge >= 0.3 is 0 Å². The summed E-state index contributed by atoms with van der Waals surface area (Å²) in [6, 6.07) is 29.3. The molecule has 33 heavy (non-hydrogen) atoms. The maximum absolute atomic E-state index is 13.2. The van der Waals surface area contributed by atoms with E-state index in [4.69, 9.17) is 5.73 Å². The van der Waals surface area contributed by atoms with Crippen LogP contribution >= 0.6 is 0 Å². The molecule has 7 nitrogen and oxygen atoms in total. The summed E-state index contributed by atoms with van der Waals surface area (Å²) in [7, 11) is 1.91. The number of nitrogens with two attached hydrogens (primary N) is 1. The monoisotopic (exact) mass is 438 g/mol. The van der Waals surface area contributed by atoms with Crippen molar-refractivity contribution < 1.29 is 4.79 Å². The van der Waals surface area contributed by atoms with Crippen LogP contribution < -0.4 is 21.5 Å². The zero-order chi connectivity index (χ0) is 23.0. The molecule has 0 fully saturated rings. The molecule has 0 atom stereocenters. The van der Waals surface area contributed by atoms with Gasteiger partial charge in [0.15, 0.2) is 11.6 Å². The third kappa shape index (κ3) is 5.27. The van der Waals surface area contributed by atoms with Gasteiger partial charge in [-0.25, -0.2) is 9.97 Å². The average molecular weight is 439 g/mol. The van der Waals surface area contributed by atoms with Gasteiger partial charge in [0.05, 0.1) is 5.92 Å². The number of aromatic nitrogens is 2. The largest absolute Gasteiger partial charge is 0.393 e. The molecule has 0 bridgehead atoms. The lowest BCUT2D eigenvalue weighted by Gasteiger charge is -2.22. The Bertz CT molecular complexity index is 1150. The van der Waals surface area contributed by atoms with E-state index in [9.17, 15) is 4.79 Å². The number of hydrogen-bond donors (Lipinski definition) is 3. The van der Waals surface area contributed by atoms with Crippen molar-refractivity contribution in [2.24, 2.45) is 0 Å². The van der Waals surface area contributed by atoms with Crippen LogP contribution in [0.4, 0.5) is 17.3 Å². The summed E-state index contributed by atoms with van der Waals surface area (Å²) < 4.78 is 0. The zero-order valence-electron chi connectivity index (χ0n) is 18.3. The highest BCUT2D eigenvalue weighted by Gasteiger charge is 2.23. The fraction of sp³-hybridized carbons (Fsp3) is 0.115. The van der Waals surface area contributed by atoms with Gasteiger partial charge in [-0.3, -0.25) is 15.6 Å². The van der Waals surface area contributed by atoms with Crippen molar-refractivity contribution in [3.05, 3.63) is 114 Å². The molecular formula is C26H26N6O. The number of amides is 1. The van der Waals surface area contributed by atoms with Crippen LogP contribution in [-0.2, 0) is 11.3 Å². The van der Waals surface area contributed by atoms with Crippen LogP contribution in [0.5, 0.6) is 0 Å². The van der Waals surface area contributed by atoms with E-state index in [0.29, 0.717) is 23.9 Å². The predicted octanol–water partition coefficient (Wildman–Crippen LogP) is 3.97. The number of rotatable bonds is 8. The number of nitrogens with one attached hydrogen (secondary N) is 2. The molecule has 1 aromatic heterocycles. The second-order valence-electron chi connectivity index (χ2n) is 7.67. The van der Waals surface area contributed by atoms with Crippen molar-refractivity contribution in [1.29, 1.82) is 0 Å². The minimum Gasteiger partial charge on any atom is -0.393 e. The third-order valence-electron chi connectivity index (χ3n) is 5.32. The van der Waals surface area contributed by atoms with E-state index < -0.39 is 5.92 Å². The first-order chi connectivity index (χ1) is 16.1. The quantitative estimate of drug-likeness (QED) is 0.360. The first-order valence-electron chi connectivity index (χ1n) is 10.6. The van der Waals surface area contributed by atoms with E-state index in [-0.39, 0.29) is 5.91 Å². The number of nitrogens with zero attached hydrogens (tertiary/aromatic N) is 3. The summed E-state index contributed by atoms with van der Waals surface area (Å²) in [4.78, 5) is 23.7. The highest BCUT2D eigenvalue weighted by atomic mass is 16.2. The predicted molar refractivity (Wildman–Crippen MR) is 131 cm³/mol. The second kappa shape index (κ2) is 10.3. The van der Waals surface area contributed by atoms with Crippen molar-refractivity contribution in [2.75, 3.05) is 23.1 Å². The van der Waals surface area contributed by atoms with Gasteiger partial charge < -0.3 is 10.6 Å². The van der Waals surface area contributed by atoms with Crippen molar-refractivity contribution in [3.63, 3.8) is 0 Å². The molecule has 1 amide bonds. The fourth-order valence-electron chi connectivity index (χ4n) is 3.70. The Kier molecular flexibility index (Phi) is 6.80. The molecule has 7 heteroatoms. The number of hydrogen-bond acceptors (Lipinski definition) is 6. The molecule has 0 saturated heterocycles. The Balaban J connectivity index is 1.51. The van der Waals surface area contributed by atoms with Gasteiger partial charge in [-0.1, -0.05) is 91.0 Å². The van der Waals surface area contributed by atoms with Crippen LogP contribution in [-0.4, -0.2) is 22.9 Å². The Hall–Kier alpha value is -4.39. The second-order valence-corrected chi connectivity index (χ2v) is 7.67. The molecule has 3 aromatic carbocycles. The molecule has 4 rings (SSSR count). The van der Waals surface area contributed by atoms with Crippen molar-refractivity contribution >= 4 is 23.2 Å². The van der Waals surface area contributed by atoms with E-state index in [1.807, 2.05) is 103 Å². The maximum atomic E-state index is 13.2. The highest BCUT2D eigenvalue weighted by molar-refractivity contribution is 5.88. The van der Waals surface area contributed by atoms with Gasteiger partial charge in [0, 0.05) is 13.6 Å². The molecule has 0 saturated carbocycles. The first-order valence-corrected chi connectivity index (χ1v) is 10.6. The van der Waals surface area contributed by atoms with Crippen LogP contribution in [0.15, 0.2) is 97.3 Å². The number of carbonyl (C=O) groups excluding carboxylic acids is 1. The van der Waals surface area contributed by atoms with E-state index >= 15 is 0 Å². The van der Waals surface area contributed by atoms with Gasteiger partial charge in [0.25, 0.3) is 0 Å². The molecule has 1 heterocycles. The molecule has 0 aliphatic rings. The summed E-state index contributed by atoms with van der Waals surface area (Å²) in [5.41, 5.74) is 15.3. The SMILES string of the molecule is CN(Cc1ccccc1)c1ncnc(NNC(=O)C(c2ccccc2)c2ccccc2)c1N. The number of anilines is 3. The first kappa shape index (κ1) is 21.8. The fourth-order valence-corrected chi connectivity index (χ4v) is 3.70. The summed E-state index contributed by atoms with van der Waals surface area (Å²) in [5.74, 6) is 0.217. The number of nitrogen functional groups attached to an aromatic ring is 1. The van der Waals surface area contributed by atoms with E-state index in [2.05, 4.69) is 20.8 Å². The standard InChI is InChI=1S/C26H26N6O/c1-32(17-19-11-5-2-6-12-19)25-23(27)24(28-18-29-25)30-31-26(33)22(20-13-7-3-8-14-20)21-15-9-4-10-16-21/h2-16,18,22H,17,27H2,1H3,(H,31,33)(H,28,29,30). The van der Waals surface area contributed by atoms with E-state index in [0.717, 1.165) is 16.7 Å². The number of hydrazine groups is 1.